The number of benzene rings is 1. The summed E-state index contributed by atoms with van der Waals surface area (Å²) in [5.41, 5.74) is 6.63. The molecule has 1 amide bonds. The van der Waals surface area contributed by atoms with Crippen LogP contribution in [0.25, 0.3) is 0 Å². The Labute approximate surface area is 126 Å². The monoisotopic (exact) mass is 283 g/mol. The van der Waals surface area contributed by atoms with Gasteiger partial charge in [-0.3, -0.25) is 4.79 Å². The van der Waals surface area contributed by atoms with Gasteiger partial charge in [0.25, 0.3) is 5.91 Å². The minimum Gasteiger partial charge on any atom is -0.337 e. The van der Waals surface area contributed by atoms with E-state index in [1.54, 1.807) is 11.0 Å². The van der Waals surface area contributed by atoms with E-state index in [0.29, 0.717) is 36.6 Å². The Bertz CT molecular complexity index is 576. The van der Waals surface area contributed by atoms with E-state index in [2.05, 4.69) is 17.9 Å². The van der Waals surface area contributed by atoms with Crippen molar-refractivity contribution in [2.75, 3.05) is 19.6 Å². The Morgan fingerprint density at radius 3 is 2.71 bits per heavy atom. The van der Waals surface area contributed by atoms with Crippen LogP contribution in [0.1, 0.15) is 36.2 Å². The van der Waals surface area contributed by atoms with Crippen LogP contribution in [0.4, 0.5) is 0 Å². The van der Waals surface area contributed by atoms with Crippen LogP contribution < -0.4 is 5.73 Å². The van der Waals surface area contributed by atoms with Gasteiger partial charge in [-0.15, -0.1) is 0 Å². The summed E-state index contributed by atoms with van der Waals surface area (Å²) in [4.78, 5) is 14.4. The van der Waals surface area contributed by atoms with Gasteiger partial charge in [-0.05, 0) is 18.1 Å². The Kier molecular flexibility index (Phi) is 7.01. The molecule has 4 nitrogen and oxygen atoms in total. The lowest BCUT2D eigenvalue weighted by atomic mass is 10.1. The molecule has 0 fully saturated rings. The molecular weight excluding hydrogens is 262 g/mol. The average Bonchev–Trinajstić information content (AvgIpc) is 2.48. The third kappa shape index (κ3) is 5.30. The normalized spacial score (nSPS) is 9.67. The third-order valence-corrected chi connectivity index (χ3v) is 2.85. The van der Waals surface area contributed by atoms with Crippen molar-refractivity contribution in [1.29, 1.82) is 5.26 Å². The lowest BCUT2D eigenvalue weighted by Gasteiger charge is -2.24. The van der Waals surface area contributed by atoms with Crippen molar-refractivity contribution < 1.29 is 4.79 Å². The van der Waals surface area contributed by atoms with Crippen molar-refractivity contribution in [1.82, 2.24) is 4.90 Å². The first-order chi connectivity index (χ1) is 10.1. The molecule has 1 aromatic carbocycles. The van der Waals surface area contributed by atoms with E-state index < -0.39 is 0 Å². The van der Waals surface area contributed by atoms with Crippen LogP contribution in [0.5, 0.6) is 0 Å². The molecule has 0 spiro atoms. The van der Waals surface area contributed by atoms with Crippen LogP contribution in [0, 0.1) is 29.1 Å². The van der Waals surface area contributed by atoms with Crippen molar-refractivity contribution in [3.63, 3.8) is 0 Å². The molecule has 0 radical (unpaired) electrons. The van der Waals surface area contributed by atoms with Gasteiger partial charge in [0.2, 0.25) is 0 Å². The summed E-state index contributed by atoms with van der Waals surface area (Å²) < 4.78 is 0. The Morgan fingerprint density at radius 1 is 1.38 bits per heavy atom. The van der Waals surface area contributed by atoms with Gasteiger partial charge in [0.15, 0.2) is 0 Å². The van der Waals surface area contributed by atoms with Gasteiger partial charge in [0.05, 0.1) is 24.6 Å². The fraction of sp³-hybridized carbons (Fsp3) is 0.412. The summed E-state index contributed by atoms with van der Waals surface area (Å²) in [5, 5.41) is 8.75. The predicted molar refractivity (Wildman–Crippen MR) is 83.3 cm³/mol. The smallest absolute Gasteiger partial charge is 0.255 e. The lowest BCUT2D eigenvalue weighted by Crippen LogP contribution is -2.35. The highest BCUT2D eigenvalue weighted by Gasteiger charge is 2.18. The number of amides is 1. The molecule has 0 aromatic heterocycles. The quantitative estimate of drug-likeness (QED) is 0.840. The zero-order valence-electron chi connectivity index (χ0n) is 12.6. The van der Waals surface area contributed by atoms with E-state index in [9.17, 15) is 4.79 Å². The molecule has 0 atom stereocenters. The summed E-state index contributed by atoms with van der Waals surface area (Å²) in [6.45, 7) is 5.41. The number of carbonyl (C=O) groups is 1. The molecule has 4 heteroatoms. The zero-order valence-corrected chi connectivity index (χ0v) is 12.6. The number of rotatable bonds is 5. The van der Waals surface area contributed by atoms with E-state index in [0.717, 1.165) is 0 Å². The Hall–Kier alpha value is -2.30. The molecule has 0 saturated carbocycles. The highest BCUT2D eigenvalue weighted by atomic mass is 16.2. The third-order valence-electron chi connectivity index (χ3n) is 2.85. The van der Waals surface area contributed by atoms with Gasteiger partial charge in [0, 0.05) is 18.7 Å². The summed E-state index contributed by atoms with van der Waals surface area (Å²) in [6.07, 6.45) is 0.328. The van der Waals surface area contributed by atoms with Gasteiger partial charge >= 0.3 is 0 Å². The highest BCUT2D eigenvalue weighted by Crippen LogP contribution is 2.13. The van der Waals surface area contributed by atoms with E-state index in [1.165, 1.54) is 0 Å². The average molecular weight is 283 g/mol. The summed E-state index contributed by atoms with van der Waals surface area (Å²) in [5.74, 6) is 5.97. The van der Waals surface area contributed by atoms with Gasteiger partial charge < -0.3 is 10.6 Å². The number of hydrogen-bond acceptors (Lipinski definition) is 3. The molecule has 0 unspecified atom stereocenters. The maximum Gasteiger partial charge on any atom is 0.255 e. The standard InChI is InChI=1S/C17H21N3O/c1-14(2)13-20(12-6-11-19)17(21)16-9-4-3-7-15(16)8-5-10-18/h3-4,7,9,14H,6,10,12-13,18H2,1-2H3. The van der Waals surface area contributed by atoms with E-state index in [4.69, 9.17) is 11.0 Å². The maximum absolute atomic E-state index is 12.7. The van der Waals surface area contributed by atoms with Crippen LogP contribution in [0.3, 0.4) is 0 Å². The zero-order chi connectivity index (χ0) is 15.7. The molecule has 2 N–H and O–H groups in total. The Morgan fingerprint density at radius 2 is 2.10 bits per heavy atom. The van der Waals surface area contributed by atoms with Gasteiger partial charge in [0.1, 0.15) is 0 Å². The summed E-state index contributed by atoms with van der Waals surface area (Å²) in [6, 6.07) is 9.33. The second kappa shape index (κ2) is 8.79. The predicted octanol–water partition coefficient (Wildman–Crippen LogP) is 2.01. The first kappa shape index (κ1) is 16.8. The molecule has 0 heterocycles. The SMILES string of the molecule is CC(C)CN(CCC#N)C(=O)c1ccccc1C#CCN. The van der Waals surface area contributed by atoms with Gasteiger partial charge in [-0.25, -0.2) is 0 Å². The minimum atomic E-state index is -0.0825. The fourth-order valence-electron chi connectivity index (χ4n) is 2.00. The largest absolute Gasteiger partial charge is 0.337 e. The van der Waals surface area contributed by atoms with Crippen LogP contribution >= 0.6 is 0 Å². The Balaban J connectivity index is 3.05. The second-order valence-electron chi connectivity index (χ2n) is 5.10. The maximum atomic E-state index is 12.7. The first-order valence-corrected chi connectivity index (χ1v) is 7.04. The number of carbonyl (C=O) groups excluding carboxylic acids is 1. The number of hydrogen-bond donors (Lipinski definition) is 1. The molecule has 110 valence electrons. The molecule has 1 rings (SSSR count). The molecular formula is C17H21N3O. The van der Waals surface area contributed by atoms with Crippen LogP contribution in [0.15, 0.2) is 24.3 Å². The second-order valence-corrected chi connectivity index (χ2v) is 5.10. The topological polar surface area (TPSA) is 70.1 Å². The van der Waals surface area contributed by atoms with Crippen molar-refractivity contribution in [3.05, 3.63) is 35.4 Å². The van der Waals surface area contributed by atoms with Crippen LogP contribution in [-0.4, -0.2) is 30.4 Å². The molecule has 1 aromatic rings. The van der Waals surface area contributed by atoms with Crippen molar-refractivity contribution >= 4 is 5.91 Å². The molecule has 0 aliphatic rings. The van der Waals surface area contributed by atoms with Gasteiger partial charge in [-0.2, -0.15) is 5.26 Å². The van der Waals surface area contributed by atoms with E-state index >= 15 is 0 Å². The minimum absolute atomic E-state index is 0.0825. The lowest BCUT2D eigenvalue weighted by molar-refractivity contribution is 0.0739. The first-order valence-electron chi connectivity index (χ1n) is 7.04. The van der Waals surface area contributed by atoms with E-state index in [-0.39, 0.29) is 12.5 Å². The van der Waals surface area contributed by atoms with Gasteiger partial charge in [-0.1, -0.05) is 37.8 Å². The van der Waals surface area contributed by atoms with Crippen molar-refractivity contribution in [2.45, 2.75) is 20.3 Å². The molecule has 21 heavy (non-hydrogen) atoms. The summed E-state index contributed by atoms with van der Waals surface area (Å²) >= 11 is 0. The summed E-state index contributed by atoms with van der Waals surface area (Å²) in [7, 11) is 0. The van der Waals surface area contributed by atoms with Crippen LogP contribution in [-0.2, 0) is 0 Å². The molecule has 0 saturated heterocycles. The fourth-order valence-corrected chi connectivity index (χ4v) is 2.00. The number of nitriles is 1. The van der Waals surface area contributed by atoms with E-state index in [1.807, 2.05) is 32.0 Å². The molecule has 0 bridgehead atoms. The van der Waals surface area contributed by atoms with Crippen molar-refractivity contribution in [2.24, 2.45) is 11.7 Å². The number of nitrogens with two attached hydrogens (primary N) is 1. The molecule has 0 aliphatic heterocycles. The van der Waals surface area contributed by atoms with Crippen LogP contribution in [0.2, 0.25) is 0 Å². The number of nitrogens with zero attached hydrogens (tertiary/aromatic N) is 2. The van der Waals surface area contributed by atoms with Crippen molar-refractivity contribution in [3.8, 4) is 17.9 Å². The molecule has 0 aliphatic carbocycles. The highest BCUT2D eigenvalue weighted by molar-refractivity contribution is 5.96.